The lowest BCUT2D eigenvalue weighted by molar-refractivity contribution is -0.123. The number of carbonyl (C=O) groups excluding carboxylic acids is 3. The second kappa shape index (κ2) is 10.7. The van der Waals surface area contributed by atoms with Gasteiger partial charge in [-0.1, -0.05) is 41.6 Å². The Balaban J connectivity index is 1.26. The molecule has 0 spiro atoms. The molecule has 1 N–H and O–H groups in total. The predicted octanol–water partition coefficient (Wildman–Crippen LogP) is 3.66. The van der Waals surface area contributed by atoms with Gasteiger partial charge in [0.15, 0.2) is 5.16 Å². The topological polar surface area (TPSA) is 97.2 Å². The van der Waals surface area contributed by atoms with E-state index in [-0.39, 0.29) is 35.5 Å². The van der Waals surface area contributed by atoms with E-state index in [1.807, 2.05) is 31.2 Å². The van der Waals surface area contributed by atoms with Crippen LogP contribution in [0.5, 0.6) is 0 Å². The van der Waals surface area contributed by atoms with Gasteiger partial charge >= 0.3 is 0 Å². The molecular weight excluding hydrogens is 477 g/mol. The van der Waals surface area contributed by atoms with Gasteiger partial charge in [-0.15, -0.1) is 10.2 Å². The molecule has 1 aliphatic rings. The monoisotopic (exact) mass is 497 g/mol. The number of rotatable bonds is 8. The van der Waals surface area contributed by atoms with Crippen molar-refractivity contribution in [2.75, 3.05) is 18.8 Å². The number of aryl methyl sites for hydroxylation is 1. The second-order valence-corrected chi connectivity index (χ2v) is 9.28. The zero-order valence-corrected chi connectivity index (χ0v) is 19.7. The van der Waals surface area contributed by atoms with Crippen molar-refractivity contribution in [2.24, 2.45) is 0 Å². The number of thioether (sulfide) groups is 2. The van der Waals surface area contributed by atoms with E-state index in [9.17, 15) is 18.8 Å². The van der Waals surface area contributed by atoms with Crippen molar-refractivity contribution >= 4 is 46.7 Å². The molecule has 1 fully saturated rings. The maximum Gasteiger partial charge on any atom is 0.293 e. The molecule has 0 radical (unpaired) electrons. The number of halogens is 1. The average Bonchev–Trinajstić information content (AvgIpc) is 3.39. The number of hydrogen-bond acceptors (Lipinski definition) is 7. The van der Waals surface area contributed by atoms with Crippen molar-refractivity contribution < 1.29 is 18.8 Å². The van der Waals surface area contributed by atoms with Gasteiger partial charge < -0.3 is 5.32 Å². The highest BCUT2D eigenvalue weighted by Gasteiger charge is 2.34. The average molecular weight is 498 g/mol. The third-order valence-corrected chi connectivity index (χ3v) is 6.71. The van der Waals surface area contributed by atoms with Crippen LogP contribution in [0.3, 0.4) is 0 Å². The highest BCUT2D eigenvalue weighted by atomic mass is 32.2. The molecule has 3 aromatic rings. The Hall–Kier alpha value is -3.44. The molecule has 0 unspecified atom stereocenters. The SMILES string of the molecule is Cc1ccc(-n2cnnc2SCC(=O)NCCN2C(=O)S/C(=C\c3ccc(F)cc3)C2=O)cc1. The standard InChI is InChI=1S/C23H20FN5O3S2/c1-15-2-8-18(9-3-15)29-14-26-27-22(29)33-13-20(30)25-10-11-28-21(31)19(34-23(28)32)12-16-4-6-17(24)7-5-16/h2-9,12,14H,10-11,13H2,1H3,(H,25,30)/b19-12-. The summed E-state index contributed by atoms with van der Waals surface area (Å²) in [6, 6.07) is 13.5. The lowest BCUT2D eigenvalue weighted by Crippen LogP contribution is -2.37. The lowest BCUT2D eigenvalue weighted by atomic mass is 10.2. The predicted molar refractivity (Wildman–Crippen MR) is 129 cm³/mol. The fraction of sp³-hybridized carbons (Fsp3) is 0.174. The molecule has 34 heavy (non-hydrogen) atoms. The van der Waals surface area contributed by atoms with Crippen LogP contribution in [0.1, 0.15) is 11.1 Å². The molecule has 2 heterocycles. The first kappa shape index (κ1) is 23.7. The minimum absolute atomic E-state index is 0.0569. The Kier molecular flexibility index (Phi) is 7.43. The first-order valence-corrected chi connectivity index (χ1v) is 12.1. The minimum Gasteiger partial charge on any atom is -0.354 e. The number of amides is 3. The quantitative estimate of drug-likeness (QED) is 0.375. The van der Waals surface area contributed by atoms with Gasteiger partial charge in [0.05, 0.1) is 10.7 Å². The van der Waals surface area contributed by atoms with E-state index < -0.39 is 11.1 Å². The number of hydrogen-bond donors (Lipinski definition) is 1. The maximum absolute atomic E-state index is 13.1. The van der Waals surface area contributed by atoms with E-state index in [2.05, 4.69) is 15.5 Å². The number of nitrogens with one attached hydrogen (secondary N) is 1. The fourth-order valence-electron chi connectivity index (χ4n) is 3.10. The van der Waals surface area contributed by atoms with Crippen LogP contribution in [0, 0.1) is 12.7 Å². The summed E-state index contributed by atoms with van der Waals surface area (Å²) in [6.45, 7) is 2.19. The van der Waals surface area contributed by atoms with Gasteiger partial charge in [0.25, 0.3) is 11.1 Å². The van der Waals surface area contributed by atoms with Crippen molar-refractivity contribution in [3.8, 4) is 5.69 Å². The summed E-state index contributed by atoms with van der Waals surface area (Å²) < 4.78 is 14.8. The van der Waals surface area contributed by atoms with Gasteiger partial charge in [-0.25, -0.2) is 4.39 Å². The summed E-state index contributed by atoms with van der Waals surface area (Å²) in [4.78, 5) is 38.4. The van der Waals surface area contributed by atoms with Crippen LogP contribution in [-0.2, 0) is 9.59 Å². The van der Waals surface area contributed by atoms with Crippen molar-refractivity contribution in [3.05, 3.63) is 76.7 Å². The first-order chi connectivity index (χ1) is 16.4. The molecule has 1 aromatic heterocycles. The van der Waals surface area contributed by atoms with E-state index in [0.717, 1.165) is 27.9 Å². The molecule has 0 atom stereocenters. The van der Waals surface area contributed by atoms with Crippen LogP contribution in [-0.4, -0.2) is 55.6 Å². The third kappa shape index (κ3) is 5.72. The van der Waals surface area contributed by atoms with Crippen LogP contribution in [0.4, 0.5) is 9.18 Å². The fourth-order valence-corrected chi connectivity index (χ4v) is 4.72. The Labute approximate surface area is 203 Å². The Morgan fingerprint density at radius 2 is 1.88 bits per heavy atom. The van der Waals surface area contributed by atoms with Crippen LogP contribution >= 0.6 is 23.5 Å². The minimum atomic E-state index is -0.436. The summed E-state index contributed by atoms with van der Waals surface area (Å²) in [5, 5.41) is 10.9. The molecule has 174 valence electrons. The van der Waals surface area contributed by atoms with Crippen molar-refractivity contribution in [3.63, 3.8) is 0 Å². The maximum atomic E-state index is 13.1. The van der Waals surface area contributed by atoms with Gasteiger partial charge in [0.1, 0.15) is 12.1 Å². The van der Waals surface area contributed by atoms with Gasteiger partial charge in [-0.3, -0.25) is 23.9 Å². The molecule has 4 rings (SSSR count). The van der Waals surface area contributed by atoms with Crippen LogP contribution in [0.15, 0.2) is 64.9 Å². The summed E-state index contributed by atoms with van der Waals surface area (Å²) in [5.41, 5.74) is 2.65. The van der Waals surface area contributed by atoms with Gasteiger partial charge in [-0.05, 0) is 54.6 Å². The normalized spacial score (nSPS) is 14.8. The van der Waals surface area contributed by atoms with Gasteiger partial charge in [-0.2, -0.15) is 0 Å². The van der Waals surface area contributed by atoms with Crippen LogP contribution in [0.25, 0.3) is 11.8 Å². The Bertz CT molecular complexity index is 1240. The molecule has 1 aliphatic heterocycles. The van der Waals surface area contributed by atoms with E-state index in [4.69, 9.17) is 0 Å². The molecule has 0 aliphatic carbocycles. The molecule has 3 amide bonds. The van der Waals surface area contributed by atoms with Crippen molar-refractivity contribution in [1.82, 2.24) is 25.0 Å². The second-order valence-electron chi connectivity index (χ2n) is 7.34. The van der Waals surface area contributed by atoms with E-state index in [0.29, 0.717) is 10.7 Å². The highest BCUT2D eigenvalue weighted by Crippen LogP contribution is 2.31. The number of benzene rings is 2. The number of imide groups is 1. The van der Waals surface area contributed by atoms with E-state index >= 15 is 0 Å². The summed E-state index contributed by atoms with van der Waals surface area (Å²) in [5.74, 6) is -0.960. The molecule has 1 saturated heterocycles. The lowest BCUT2D eigenvalue weighted by Gasteiger charge is -2.13. The summed E-state index contributed by atoms with van der Waals surface area (Å²) >= 11 is 2.06. The number of aromatic nitrogens is 3. The van der Waals surface area contributed by atoms with E-state index in [1.54, 1.807) is 17.0 Å². The zero-order valence-electron chi connectivity index (χ0n) is 18.1. The Morgan fingerprint density at radius 1 is 1.15 bits per heavy atom. The summed E-state index contributed by atoms with van der Waals surface area (Å²) in [7, 11) is 0. The largest absolute Gasteiger partial charge is 0.354 e. The number of carbonyl (C=O) groups is 3. The van der Waals surface area contributed by atoms with Crippen molar-refractivity contribution in [2.45, 2.75) is 12.1 Å². The highest BCUT2D eigenvalue weighted by molar-refractivity contribution is 8.18. The van der Waals surface area contributed by atoms with Crippen LogP contribution in [0.2, 0.25) is 0 Å². The third-order valence-electron chi connectivity index (χ3n) is 4.86. The van der Waals surface area contributed by atoms with Crippen molar-refractivity contribution in [1.29, 1.82) is 0 Å². The molecular formula is C23H20FN5O3S2. The van der Waals surface area contributed by atoms with Gasteiger partial charge in [0.2, 0.25) is 5.91 Å². The van der Waals surface area contributed by atoms with E-state index in [1.165, 1.54) is 36.0 Å². The van der Waals surface area contributed by atoms with Gasteiger partial charge in [0, 0.05) is 18.8 Å². The molecule has 11 heteroatoms. The molecule has 2 aromatic carbocycles. The van der Waals surface area contributed by atoms with Crippen LogP contribution < -0.4 is 5.32 Å². The zero-order chi connectivity index (χ0) is 24.1. The first-order valence-electron chi connectivity index (χ1n) is 10.3. The number of nitrogens with zero attached hydrogens (tertiary/aromatic N) is 4. The summed E-state index contributed by atoms with van der Waals surface area (Å²) in [6.07, 6.45) is 3.13. The smallest absolute Gasteiger partial charge is 0.293 e. The molecule has 8 nitrogen and oxygen atoms in total. The Morgan fingerprint density at radius 3 is 2.62 bits per heavy atom. The molecule has 0 bridgehead atoms. The molecule has 0 saturated carbocycles.